The molecule has 0 saturated carbocycles. The van der Waals surface area contributed by atoms with Gasteiger partial charge in [-0.25, -0.2) is 4.79 Å². The Bertz CT molecular complexity index is 391. The van der Waals surface area contributed by atoms with Crippen molar-refractivity contribution in [2.75, 3.05) is 13.6 Å². The van der Waals surface area contributed by atoms with Gasteiger partial charge in [-0.3, -0.25) is 4.90 Å². The molecule has 2 heterocycles. The van der Waals surface area contributed by atoms with Crippen LogP contribution >= 0.6 is 11.6 Å². The molecule has 0 amide bonds. The van der Waals surface area contributed by atoms with Gasteiger partial charge in [0, 0.05) is 0 Å². The summed E-state index contributed by atoms with van der Waals surface area (Å²) < 4.78 is 5.01. The first kappa shape index (κ1) is 10.4. The fourth-order valence-corrected chi connectivity index (χ4v) is 2.15. The van der Waals surface area contributed by atoms with Crippen LogP contribution in [-0.4, -0.2) is 34.7 Å². The fraction of sp³-hybridized carbons (Fsp3) is 0.556. The quantitative estimate of drug-likeness (QED) is 0.839. The van der Waals surface area contributed by atoms with Gasteiger partial charge in [0.1, 0.15) is 5.56 Å². The second-order valence-corrected chi connectivity index (χ2v) is 4.01. The van der Waals surface area contributed by atoms with Crippen molar-refractivity contribution in [2.24, 2.45) is 0 Å². The Kier molecular flexibility index (Phi) is 2.67. The molecule has 82 valence electrons. The highest BCUT2D eigenvalue weighted by Crippen LogP contribution is 2.34. The number of aromatic carboxylic acids is 1. The van der Waals surface area contributed by atoms with Crippen LogP contribution in [0.5, 0.6) is 0 Å². The summed E-state index contributed by atoms with van der Waals surface area (Å²) in [4.78, 5) is 13.0. The molecule has 5 nitrogen and oxygen atoms in total. The van der Waals surface area contributed by atoms with E-state index in [2.05, 4.69) is 5.16 Å². The Morgan fingerprint density at radius 3 is 3.00 bits per heavy atom. The molecule has 1 aromatic heterocycles. The lowest BCUT2D eigenvalue weighted by atomic mass is 10.1. The van der Waals surface area contributed by atoms with E-state index >= 15 is 0 Å². The molecule has 1 unspecified atom stereocenters. The summed E-state index contributed by atoms with van der Waals surface area (Å²) in [5, 5.41) is 12.4. The molecule has 0 aromatic carbocycles. The van der Waals surface area contributed by atoms with Crippen molar-refractivity contribution in [3.63, 3.8) is 0 Å². The van der Waals surface area contributed by atoms with E-state index in [1.807, 2.05) is 11.9 Å². The topological polar surface area (TPSA) is 66.6 Å². The number of hydrogen-bond acceptors (Lipinski definition) is 4. The molecular formula is C9H11ClN2O3. The van der Waals surface area contributed by atoms with Gasteiger partial charge in [-0.15, -0.1) is 0 Å². The Hall–Kier alpha value is -1.07. The number of hydrogen-bond donors (Lipinski definition) is 1. The highest BCUT2D eigenvalue weighted by atomic mass is 35.5. The molecule has 1 aromatic rings. The summed E-state index contributed by atoms with van der Waals surface area (Å²) in [5.41, 5.74) is -0.00424. The number of carbonyl (C=O) groups is 1. The molecule has 1 fully saturated rings. The van der Waals surface area contributed by atoms with Crippen LogP contribution in [0.25, 0.3) is 0 Å². The molecule has 1 aliphatic heterocycles. The number of aromatic nitrogens is 1. The van der Waals surface area contributed by atoms with Crippen molar-refractivity contribution in [2.45, 2.75) is 18.9 Å². The largest absolute Gasteiger partial charge is 0.477 e. The van der Waals surface area contributed by atoms with Crippen molar-refractivity contribution in [1.29, 1.82) is 0 Å². The van der Waals surface area contributed by atoms with Gasteiger partial charge in [-0.05, 0) is 26.4 Å². The highest BCUT2D eigenvalue weighted by molar-refractivity contribution is 6.32. The van der Waals surface area contributed by atoms with Gasteiger partial charge in [0.2, 0.25) is 0 Å². The molecule has 0 bridgehead atoms. The average molecular weight is 231 g/mol. The van der Waals surface area contributed by atoms with E-state index in [4.69, 9.17) is 21.2 Å². The van der Waals surface area contributed by atoms with Gasteiger partial charge in [0.25, 0.3) is 0 Å². The maximum atomic E-state index is 11.0. The lowest BCUT2D eigenvalue weighted by Crippen LogP contribution is -2.18. The van der Waals surface area contributed by atoms with Crippen LogP contribution in [0.1, 0.15) is 35.0 Å². The second kappa shape index (κ2) is 3.83. The minimum absolute atomic E-state index is 0.00424. The van der Waals surface area contributed by atoms with Crippen LogP contribution in [-0.2, 0) is 0 Å². The molecule has 0 aliphatic carbocycles. The van der Waals surface area contributed by atoms with E-state index in [9.17, 15) is 4.79 Å². The molecule has 6 heteroatoms. The summed E-state index contributed by atoms with van der Waals surface area (Å²) in [6.45, 7) is 0.933. The van der Waals surface area contributed by atoms with Crippen LogP contribution < -0.4 is 0 Å². The molecule has 15 heavy (non-hydrogen) atoms. The molecule has 2 rings (SSSR count). The maximum absolute atomic E-state index is 11.0. The van der Waals surface area contributed by atoms with Crippen LogP contribution in [0, 0.1) is 0 Å². The van der Waals surface area contributed by atoms with E-state index < -0.39 is 5.97 Å². The third kappa shape index (κ3) is 1.72. The normalized spacial score (nSPS) is 22.1. The molecule has 0 radical (unpaired) electrons. The van der Waals surface area contributed by atoms with Crippen LogP contribution in [0.4, 0.5) is 0 Å². The first-order valence-electron chi connectivity index (χ1n) is 4.70. The van der Waals surface area contributed by atoms with Gasteiger partial charge in [0.05, 0.1) is 6.04 Å². The number of nitrogens with zero attached hydrogens (tertiary/aromatic N) is 2. The number of rotatable bonds is 2. The van der Waals surface area contributed by atoms with E-state index in [-0.39, 0.29) is 16.8 Å². The summed E-state index contributed by atoms with van der Waals surface area (Å²) in [5.74, 6) is -0.718. The molecule has 1 N–H and O–H groups in total. The van der Waals surface area contributed by atoms with Gasteiger partial charge in [-0.1, -0.05) is 16.8 Å². The van der Waals surface area contributed by atoms with Gasteiger partial charge < -0.3 is 9.63 Å². The standard InChI is InChI=1S/C9H11ClN2O3/c1-12-4-2-3-5(12)7-6(9(13)14)8(10)11-15-7/h5H,2-4H2,1H3,(H,13,14). The Morgan fingerprint density at radius 2 is 2.47 bits per heavy atom. The summed E-state index contributed by atoms with van der Waals surface area (Å²) in [6.07, 6.45) is 1.90. The monoisotopic (exact) mass is 230 g/mol. The molecule has 1 saturated heterocycles. The van der Waals surface area contributed by atoms with E-state index in [0.717, 1.165) is 19.4 Å². The molecule has 1 aliphatic rings. The first-order chi connectivity index (χ1) is 7.11. The van der Waals surface area contributed by atoms with Crippen molar-refractivity contribution >= 4 is 17.6 Å². The molecular weight excluding hydrogens is 220 g/mol. The van der Waals surface area contributed by atoms with E-state index in [0.29, 0.717) is 5.76 Å². The minimum Gasteiger partial charge on any atom is -0.477 e. The second-order valence-electron chi connectivity index (χ2n) is 3.66. The lowest BCUT2D eigenvalue weighted by Gasteiger charge is -2.16. The summed E-state index contributed by atoms with van der Waals surface area (Å²) in [7, 11) is 1.93. The number of carboxylic acids is 1. The Morgan fingerprint density at radius 1 is 1.73 bits per heavy atom. The smallest absolute Gasteiger partial charge is 0.342 e. The predicted molar refractivity (Wildman–Crippen MR) is 53.1 cm³/mol. The molecule has 0 spiro atoms. The van der Waals surface area contributed by atoms with Crippen molar-refractivity contribution in [3.05, 3.63) is 16.5 Å². The van der Waals surface area contributed by atoms with Crippen molar-refractivity contribution < 1.29 is 14.4 Å². The van der Waals surface area contributed by atoms with Gasteiger partial charge in [-0.2, -0.15) is 0 Å². The zero-order valence-corrected chi connectivity index (χ0v) is 8.99. The van der Waals surface area contributed by atoms with Crippen LogP contribution in [0.2, 0.25) is 5.15 Å². The summed E-state index contributed by atoms with van der Waals surface area (Å²) in [6, 6.07) is -0.0175. The van der Waals surface area contributed by atoms with Crippen molar-refractivity contribution in [1.82, 2.24) is 10.1 Å². The SMILES string of the molecule is CN1CCCC1c1onc(Cl)c1C(=O)O. The average Bonchev–Trinajstić information content (AvgIpc) is 2.71. The third-order valence-corrected chi connectivity index (χ3v) is 2.97. The number of carboxylic acid groups (broad SMARTS) is 1. The van der Waals surface area contributed by atoms with E-state index in [1.165, 1.54) is 0 Å². The highest BCUT2D eigenvalue weighted by Gasteiger charge is 2.32. The minimum atomic E-state index is -1.09. The van der Waals surface area contributed by atoms with Crippen molar-refractivity contribution in [3.8, 4) is 0 Å². The Balaban J connectivity index is 2.39. The first-order valence-corrected chi connectivity index (χ1v) is 5.07. The van der Waals surface area contributed by atoms with Gasteiger partial charge >= 0.3 is 5.97 Å². The molecule has 1 atom stereocenters. The zero-order valence-electron chi connectivity index (χ0n) is 8.23. The van der Waals surface area contributed by atoms with Crippen LogP contribution in [0.3, 0.4) is 0 Å². The number of halogens is 1. The predicted octanol–water partition coefficient (Wildman–Crippen LogP) is 1.79. The fourth-order valence-electron chi connectivity index (χ4n) is 1.94. The zero-order chi connectivity index (χ0) is 11.0. The van der Waals surface area contributed by atoms with Crippen LogP contribution in [0.15, 0.2) is 4.52 Å². The lowest BCUT2D eigenvalue weighted by molar-refractivity contribution is 0.0691. The Labute approximate surface area is 91.6 Å². The maximum Gasteiger partial charge on any atom is 0.342 e. The summed E-state index contributed by atoms with van der Waals surface area (Å²) >= 11 is 5.66. The third-order valence-electron chi connectivity index (χ3n) is 2.71. The number of likely N-dealkylation sites (tertiary alicyclic amines) is 1. The van der Waals surface area contributed by atoms with E-state index in [1.54, 1.807) is 0 Å². The van der Waals surface area contributed by atoms with Gasteiger partial charge in [0.15, 0.2) is 10.9 Å².